The van der Waals surface area contributed by atoms with Crippen LogP contribution in [0.15, 0.2) is 57.5 Å². The average Bonchev–Trinajstić information content (AvgIpc) is 3.62. The molecule has 10 nitrogen and oxygen atoms in total. The summed E-state index contributed by atoms with van der Waals surface area (Å²) >= 11 is 0. The maximum Gasteiger partial charge on any atom is 0.280 e. The van der Waals surface area contributed by atoms with E-state index in [1.54, 1.807) is 4.68 Å². The first kappa shape index (κ1) is 19.2. The van der Waals surface area contributed by atoms with Crippen LogP contribution >= 0.6 is 0 Å². The monoisotopic (exact) mass is 442 g/mol. The van der Waals surface area contributed by atoms with Crippen LogP contribution in [0.25, 0.3) is 34.4 Å². The molecule has 0 N–H and O–H groups in total. The molecule has 0 saturated carbocycles. The first-order valence-corrected chi connectivity index (χ1v) is 10.3. The molecule has 33 heavy (non-hydrogen) atoms. The predicted octanol–water partition coefficient (Wildman–Crippen LogP) is 4.04. The standard InChI is InChI=1S/C23H18N6O4/c1-13-20(23-25-21(27-33-23)16-8-9-18-19(10-16)31-12-30-18)26-28-29(13)11-17-14(2)32-22(24-17)15-6-4-3-5-7-15/h3-10H,11-12H2,1-2H3. The average molecular weight is 442 g/mol. The Labute approximate surface area is 187 Å². The highest BCUT2D eigenvalue weighted by Crippen LogP contribution is 2.35. The molecule has 0 atom stereocenters. The summed E-state index contributed by atoms with van der Waals surface area (Å²) in [6, 6.07) is 15.3. The number of hydrogen-bond acceptors (Lipinski definition) is 9. The van der Waals surface area contributed by atoms with E-state index < -0.39 is 0 Å². The van der Waals surface area contributed by atoms with Gasteiger partial charge in [0.15, 0.2) is 17.2 Å². The third-order valence-corrected chi connectivity index (χ3v) is 5.45. The van der Waals surface area contributed by atoms with Gasteiger partial charge < -0.3 is 18.4 Å². The number of hydrogen-bond donors (Lipinski definition) is 0. The van der Waals surface area contributed by atoms with Crippen molar-refractivity contribution >= 4 is 0 Å². The van der Waals surface area contributed by atoms with Crippen molar-refractivity contribution in [3.05, 3.63) is 65.7 Å². The number of aryl methyl sites for hydroxylation is 1. The topological polar surface area (TPSA) is 114 Å². The number of rotatable bonds is 5. The smallest absolute Gasteiger partial charge is 0.280 e. The molecule has 4 heterocycles. The van der Waals surface area contributed by atoms with E-state index in [0.717, 1.165) is 28.3 Å². The molecule has 0 spiro atoms. The summed E-state index contributed by atoms with van der Waals surface area (Å²) in [6.45, 7) is 4.39. The van der Waals surface area contributed by atoms with E-state index in [4.69, 9.17) is 18.4 Å². The van der Waals surface area contributed by atoms with Crippen molar-refractivity contribution in [1.82, 2.24) is 30.1 Å². The lowest BCUT2D eigenvalue weighted by Crippen LogP contribution is -2.05. The molecule has 1 aliphatic heterocycles. The minimum Gasteiger partial charge on any atom is -0.454 e. The van der Waals surface area contributed by atoms with Crippen molar-refractivity contribution in [2.45, 2.75) is 20.4 Å². The lowest BCUT2D eigenvalue weighted by Gasteiger charge is -2.00. The molecule has 0 bridgehead atoms. The number of oxazole rings is 1. The lowest BCUT2D eigenvalue weighted by atomic mass is 10.2. The van der Waals surface area contributed by atoms with Gasteiger partial charge in [-0.15, -0.1) is 5.10 Å². The quantitative estimate of drug-likeness (QED) is 0.398. The number of nitrogens with zero attached hydrogens (tertiary/aromatic N) is 6. The zero-order valence-corrected chi connectivity index (χ0v) is 17.8. The Morgan fingerprint density at radius 3 is 2.64 bits per heavy atom. The van der Waals surface area contributed by atoms with Gasteiger partial charge in [-0.3, -0.25) is 0 Å². The van der Waals surface area contributed by atoms with Crippen LogP contribution in [0, 0.1) is 13.8 Å². The van der Waals surface area contributed by atoms with Crippen LogP contribution < -0.4 is 9.47 Å². The van der Waals surface area contributed by atoms with E-state index in [-0.39, 0.29) is 12.7 Å². The van der Waals surface area contributed by atoms with E-state index in [9.17, 15) is 0 Å². The Balaban J connectivity index is 1.26. The van der Waals surface area contributed by atoms with Gasteiger partial charge in [-0.2, -0.15) is 4.98 Å². The van der Waals surface area contributed by atoms with E-state index in [1.165, 1.54) is 0 Å². The van der Waals surface area contributed by atoms with Crippen LogP contribution in [0.1, 0.15) is 17.1 Å². The Bertz CT molecular complexity index is 1450. The Hall–Kier alpha value is -4.47. The maximum atomic E-state index is 5.86. The number of benzene rings is 2. The molecule has 1 aliphatic rings. The molecule has 0 aliphatic carbocycles. The summed E-state index contributed by atoms with van der Waals surface area (Å²) < 4.78 is 23.8. The van der Waals surface area contributed by atoms with Crippen molar-refractivity contribution in [3.63, 3.8) is 0 Å². The molecule has 2 aromatic carbocycles. The molecular weight excluding hydrogens is 424 g/mol. The molecule has 0 radical (unpaired) electrons. The third-order valence-electron chi connectivity index (χ3n) is 5.45. The summed E-state index contributed by atoms with van der Waals surface area (Å²) in [5.74, 6) is 3.36. The Morgan fingerprint density at radius 1 is 0.909 bits per heavy atom. The number of fused-ring (bicyclic) bond motifs is 1. The lowest BCUT2D eigenvalue weighted by molar-refractivity contribution is 0.174. The zero-order valence-electron chi connectivity index (χ0n) is 17.8. The van der Waals surface area contributed by atoms with E-state index >= 15 is 0 Å². The van der Waals surface area contributed by atoms with Gasteiger partial charge in [-0.05, 0) is 44.2 Å². The maximum absolute atomic E-state index is 5.86. The molecule has 6 rings (SSSR count). The number of ether oxygens (including phenoxy) is 2. The molecule has 5 aromatic rings. The molecule has 164 valence electrons. The van der Waals surface area contributed by atoms with Crippen molar-refractivity contribution < 1.29 is 18.4 Å². The molecule has 0 saturated heterocycles. The third kappa shape index (κ3) is 3.41. The van der Waals surface area contributed by atoms with Crippen molar-refractivity contribution in [1.29, 1.82) is 0 Å². The van der Waals surface area contributed by atoms with Gasteiger partial charge >= 0.3 is 0 Å². The van der Waals surface area contributed by atoms with Crippen LogP contribution in [0.5, 0.6) is 11.5 Å². The molecule has 0 unspecified atom stereocenters. The fourth-order valence-electron chi connectivity index (χ4n) is 3.60. The predicted molar refractivity (Wildman–Crippen MR) is 115 cm³/mol. The van der Waals surface area contributed by atoms with Gasteiger partial charge in [-0.25, -0.2) is 9.67 Å². The van der Waals surface area contributed by atoms with Crippen molar-refractivity contribution in [2.75, 3.05) is 6.79 Å². The highest BCUT2D eigenvalue weighted by Gasteiger charge is 2.21. The summed E-state index contributed by atoms with van der Waals surface area (Å²) in [5.41, 5.74) is 3.74. The van der Waals surface area contributed by atoms with Crippen LogP contribution in [0.2, 0.25) is 0 Å². The van der Waals surface area contributed by atoms with Crippen molar-refractivity contribution in [2.24, 2.45) is 0 Å². The minimum atomic E-state index is 0.205. The summed E-state index contributed by atoms with van der Waals surface area (Å²) in [5, 5.41) is 12.6. The highest BCUT2D eigenvalue weighted by atomic mass is 16.7. The van der Waals surface area contributed by atoms with Gasteiger partial charge in [0.2, 0.25) is 18.5 Å². The zero-order chi connectivity index (χ0) is 22.4. The Kier molecular flexibility index (Phi) is 4.42. The summed E-state index contributed by atoms with van der Waals surface area (Å²) in [4.78, 5) is 9.14. The first-order valence-electron chi connectivity index (χ1n) is 10.3. The summed E-state index contributed by atoms with van der Waals surface area (Å²) in [6.07, 6.45) is 0. The van der Waals surface area contributed by atoms with Gasteiger partial charge in [0, 0.05) is 11.1 Å². The Morgan fingerprint density at radius 2 is 1.76 bits per heavy atom. The van der Waals surface area contributed by atoms with Crippen LogP contribution in [-0.4, -0.2) is 36.9 Å². The van der Waals surface area contributed by atoms with E-state index in [2.05, 4.69) is 25.4 Å². The molecule has 0 fully saturated rings. The second-order valence-corrected chi connectivity index (χ2v) is 7.56. The van der Waals surface area contributed by atoms with Gasteiger partial charge in [0.1, 0.15) is 11.5 Å². The highest BCUT2D eigenvalue weighted by molar-refractivity contribution is 5.63. The molecule has 0 amide bonds. The molecule has 3 aromatic heterocycles. The minimum absolute atomic E-state index is 0.205. The van der Waals surface area contributed by atoms with E-state index in [0.29, 0.717) is 35.5 Å². The van der Waals surface area contributed by atoms with Crippen LogP contribution in [-0.2, 0) is 6.54 Å². The van der Waals surface area contributed by atoms with Gasteiger partial charge in [0.05, 0.1) is 12.2 Å². The van der Waals surface area contributed by atoms with E-state index in [1.807, 2.05) is 62.4 Å². The SMILES string of the molecule is Cc1oc(-c2ccccc2)nc1Cn1nnc(-c2nc(-c3ccc4c(c3)OCO4)no2)c1C. The van der Waals surface area contributed by atoms with Crippen molar-refractivity contribution in [3.8, 4) is 45.9 Å². The normalized spacial score (nSPS) is 12.4. The van der Waals surface area contributed by atoms with Crippen LogP contribution in [0.4, 0.5) is 0 Å². The molecule has 10 heteroatoms. The second kappa shape index (κ2) is 7.59. The van der Waals surface area contributed by atoms with Crippen LogP contribution in [0.3, 0.4) is 0 Å². The fraction of sp³-hybridized carbons (Fsp3) is 0.174. The number of aromatic nitrogens is 6. The largest absolute Gasteiger partial charge is 0.454 e. The fourth-order valence-corrected chi connectivity index (χ4v) is 3.60. The van der Waals surface area contributed by atoms with Gasteiger partial charge in [-0.1, -0.05) is 28.6 Å². The first-order chi connectivity index (χ1) is 16.2. The second-order valence-electron chi connectivity index (χ2n) is 7.56. The summed E-state index contributed by atoms with van der Waals surface area (Å²) in [7, 11) is 0. The molecular formula is C23H18N6O4. The van der Waals surface area contributed by atoms with Gasteiger partial charge in [0.25, 0.3) is 5.89 Å².